The third kappa shape index (κ3) is 8.61. The molecule has 0 saturated carbocycles. The van der Waals surface area contributed by atoms with Crippen molar-refractivity contribution >= 4 is 11.6 Å². The maximum Gasteiger partial charge on any atom is 0.155 e. The van der Waals surface area contributed by atoms with Gasteiger partial charge in [0.25, 0.3) is 0 Å². The highest BCUT2D eigenvalue weighted by atomic mass is 16.1. The molecule has 2 atom stereocenters. The predicted molar refractivity (Wildman–Crippen MR) is 102 cm³/mol. The Labute approximate surface area is 148 Å². The number of unbranched alkanes of at least 4 members (excludes halogenated alkanes) is 1. The molecule has 2 aliphatic carbocycles. The van der Waals surface area contributed by atoms with E-state index >= 15 is 0 Å². The van der Waals surface area contributed by atoms with Crippen LogP contribution >= 0.6 is 0 Å². The topological polar surface area (TPSA) is 34.1 Å². The van der Waals surface area contributed by atoms with E-state index in [0.29, 0.717) is 29.3 Å². The Morgan fingerprint density at radius 3 is 1.88 bits per heavy atom. The first-order valence-electron chi connectivity index (χ1n) is 9.70. The fourth-order valence-corrected chi connectivity index (χ4v) is 3.94. The maximum atomic E-state index is 11.2. The summed E-state index contributed by atoms with van der Waals surface area (Å²) in [5, 5.41) is 0. The third-order valence-electron chi connectivity index (χ3n) is 4.79. The van der Waals surface area contributed by atoms with E-state index in [1.807, 2.05) is 6.08 Å². The number of hydrogen-bond donors (Lipinski definition) is 0. The Morgan fingerprint density at radius 2 is 1.42 bits per heavy atom. The fourth-order valence-electron chi connectivity index (χ4n) is 3.94. The van der Waals surface area contributed by atoms with Crippen molar-refractivity contribution in [2.75, 3.05) is 0 Å². The van der Waals surface area contributed by atoms with Gasteiger partial charge in [-0.25, -0.2) is 0 Å². The normalized spacial score (nSPS) is 24.2. The summed E-state index contributed by atoms with van der Waals surface area (Å²) in [6.07, 6.45) is 12.4. The van der Waals surface area contributed by atoms with Crippen LogP contribution in [-0.4, -0.2) is 11.6 Å². The molecule has 2 unspecified atom stereocenters. The highest BCUT2D eigenvalue weighted by molar-refractivity contribution is 5.91. The summed E-state index contributed by atoms with van der Waals surface area (Å²) in [5.74, 6) is 2.63. The second-order valence-corrected chi connectivity index (χ2v) is 8.23. The van der Waals surface area contributed by atoms with Crippen molar-refractivity contribution in [1.29, 1.82) is 0 Å². The number of allylic oxidation sites excluding steroid dienone is 4. The van der Waals surface area contributed by atoms with Crippen LogP contribution in [0, 0.1) is 17.8 Å². The lowest BCUT2D eigenvalue weighted by molar-refractivity contribution is -0.116. The lowest BCUT2D eigenvalue weighted by Crippen LogP contribution is -2.14. The van der Waals surface area contributed by atoms with Crippen LogP contribution in [-0.2, 0) is 9.59 Å². The molecule has 0 spiro atoms. The molecular formula is C22H36O2. The first kappa shape index (κ1) is 20.9. The molecule has 0 aromatic rings. The largest absolute Gasteiger partial charge is 0.295 e. The van der Waals surface area contributed by atoms with Crippen LogP contribution < -0.4 is 0 Å². The van der Waals surface area contributed by atoms with Crippen LogP contribution in [0.15, 0.2) is 23.3 Å². The minimum atomic E-state index is 0.324. The van der Waals surface area contributed by atoms with Gasteiger partial charge in [-0.3, -0.25) is 9.59 Å². The predicted octanol–water partition coefficient (Wildman–Crippen LogP) is 6.06. The van der Waals surface area contributed by atoms with Crippen LogP contribution in [0.25, 0.3) is 0 Å². The van der Waals surface area contributed by atoms with Crippen molar-refractivity contribution < 1.29 is 9.59 Å². The molecule has 0 bridgehead atoms. The van der Waals surface area contributed by atoms with E-state index in [2.05, 4.69) is 34.6 Å². The van der Waals surface area contributed by atoms with Crippen LogP contribution in [0.1, 0.15) is 86.0 Å². The van der Waals surface area contributed by atoms with Crippen molar-refractivity contribution in [3.63, 3.8) is 0 Å². The number of ketones is 2. The van der Waals surface area contributed by atoms with E-state index in [1.165, 1.54) is 36.8 Å². The smallest absolute Gasteiger partial charge is 0.155 e. The molecule has 136 valence electrons. The average Bonchev–Trinajstić information content (AvgIpc) is 2.43. The van der Waals surface area contributed by atoms with Crippen LogP contribution in [0.4, 0.5) is 0 Å². The molecule has 0 fully saturated rings. The lowest BCUT2D eigenvalue weighted by Gasteiger charge is -2.21. The summed E-state index contributed by atoms with van der Waals surface area (Å²) in [6.45, 7) is 10.8. The number of carbonyl (C=O) groups is 2. The molecule has 2 nitrogen and oxygen atoms in total. The first-order chi connectivity index (χ1) is 11.3. The third-order valence-corrected chi connectivity index (χ3v) is 4.79. The van der Waals surface area contributed by atoms with Gasteiger partial charge in [0.2, 0.25) is 0 Å². The van der Waals surface area contributed by atoms with Crippen molar-refractivity contribution in [2.24, 2.45) is 17.8 Å². The van der Waals surface area contributed by atoms with Gasteiger partial charge >= 0.3 is 0 Å². The zero-order valence-corrected chi connectivity index (χ0v) is 16.4. The zero-order valence-electron chi connectivity index (χ0n) is 16.4. The van der Waals surface area contributed by atoms with E-state index in [-0.39, 0.29) is 0 Å². The summed E-state index contributed by atoms with van der Waals surface area (Å²) in [4.78, 5) is 22.4. The number of carbonyl (C=O) groups excluding carboxylic acids is 2. The average molecular weight is 333 g/mol. The molecule has 0 N–H and O–H groups in total. The molecule has 0 aromatic heterocycles. The molecule has 2 aliphatic rings. The van der Waals surface area contributed by atoms with Crippen LogP contribution in [0.5, 0.6) is 0 Å². The highest BCUT2D eigenvalue weighted by Crippen LogP contribution is 2.27. The Bertz CT molecular complexity index is 482. The van der Waals surface area contributed by atoms with Gasteiger partial charge in [-0.05, 0) is 69.4 Å². The van der Waals surface area contributed by atoms with E-state index in [4.69, 9.17) is 0 Å². The number of hydrogen-bond acceptors (Lipinski definition) is 2. The first-order valence-corrected chi connectivity index (χ1v) is 9.70. The van der Waals surface area contributed by atoms with Gasteiger partial charge in [0.15, 0.2) is 11.6 Å². The molecule has 0 radical (unpaired) electrons. The van der Waals surface area contributed by atoms with Gasteiger partial charge in [-0.2, -0.15) is 0 Å². The van der Waals surface area contributed by atoms with Gasteiger partial charge < -0.3 is 0 Å². The van der Waals surface area contributed by atoms with Gasteiger partial charge in [-0.1, -0.05) is 44.8 Å². The molecule has 2 rings (SSSR count). The second kappa shape index (κ2) is 10.6. The standard InChI is InChI=1S/2C11H18O/c1-8(2)4-10-5-9(3)6-11(12)7-10;1-3-4-5-10-6-9(2)7-11(12)8-10/h6,8,10H,4-5,7H2,1-3H3;7,10H,3-6,8H2,1-2H3. The minimum Gasteiger partial charge on any atom is -0.295 e. The van der Waals surface area contributed by atoms with E-state index in [0.717, 1.165) is 25.7 Å². The SMILES string of the molecule is CC1=CC(=O)CC(CC(C)C)C1.CCCCC1CC(=O)C=C(C)C1. The monoisotopic (exact) mass is 332 g/mol. The molecule has 0 heterocycles. The quantitative estimate of drug-likeness (QED) is 0.613. The summed E-state index contributed by atoms with van der Waals surface area (Å²) >= 11 is 0. The lowest BCUT2D eigenvalue weighted by atomic mass is 9.83. The Balaban J connectivity index is 0.000000240. The molecule has 2 heteroatoms. The van der Waals surface area contributed by atoms with Gasteiger partial charge in [-0.15, -0.1) is 0 Å². The van der Waals surface area contributed by atoms with Gasteiger partial charge in [0.05, 0.1) is 0 Å². The number of rotatable bonds is 5. The molecular weight excluding hydrogens is 296 g/mol. The zero-order chi connectivity index (χ0) is 18.1. The van der Waals surface area contributed by atoms with E-state index < -0.39 is 0 Å². The van der Waals surface area contributed by atoms with Gasteiger partial charge in [0, 0.05) is 12.8 Å². The van der Waals surface area contributed by atoms with Crippen molar-refractivity contribution in [3.8, 4) is 0 Å². The Morgan fingerprint density at radius 1 is 0.917 bits per heavy atom. The summed E-state index contributed by atoms with van der Waals surface area (Å²) < 4.78 is 0. The van der Waals surface area contributed by atoms with E-state index in [9.17, 15) is 9.59 Å². The van der Waals surface area contributed by atoms with E-state index in [1.54, 1.807) is 6.08 Å². The fraction of sp³-hybridized carbons (Fsp3) is 0.727. The highest BCUT2D eigenvalue weighted by Gasteiger charge is 2.19. The second-order valence-electron chi connectivity index (χ2n) is 8.23. The minimum absolute atomic E-state index is 0.324. The van der Waals surface area contributed by atoms with Crippen LogP contribution in [0.3, 0.4) is 0 Å². The summed E-state index contributed by atoms with van der Waals surface area (Å²) in [6, 6.07) is 0. The van der Waals surface area contributed by atoms with Crippen molar-refractivity contribution in [1.82, 2.24) is 0 Å². The molecule has 24 heavy (non-hydrogen) atoms. The van der Waals surface area contributed by atoms with Gasteiger partial charge in [0.1, 0.15) is 0 Å². The summed E-state index contributed by atoms with van der Waals surface area (Å²) in [5.41, 5.74) is 2.53. The van der Waals surface area contributed by atoms with Crippen molar-refractivity contribution in [2.45, 2.75) is 86.0 Å². The maximum absolute atomic E-state index is 11.2. The van der Waals surface area contributed by atoms with Crippen molar-refractivity contribution in [3.05, 3.63) is 23.3 Å². The molecule has 0 saturated heterocycles. The van der Waals surface area contributed by atoms with Crippen LogP contribution in [0.2, 0.25) is 0 Å². The molecule has 0 amide bonds. The molecule has 0 aliphatic heterocycles. The Kier molecular flexibility index (Phi) is 9.25. The summed E-state index contributed by atoms with van der Waals surface area (Å²) in [7, 11) is 0. The molecule has 0 aromatic carbocycles. The Hall–Kier alpha value is -1.18.